The molecule has 1 atom stereocenters. The maximum absolute atomic E-state index is 10.8. The number of aromatic nitrogens is 1. The second-order valence-corrected chi connectivity index (χ2v) is 4.78. The lowest BCUT2D eigenvalue weighted by atomic mass is 9.99. The van der Waals surface area contributed by atoms with E-state index in [0.29, 0.717) is 18.3 Å². The van der Waals surface area contributed by atoms with E-state index in [1.165, 1.54) is 12.1 Å². The molecule has 0 saturated carbocycles. The second kappa shape index (κ2) is 5.83. The van der Waals surface area contributed by atoms with Crippen LogP contribution in [0.3, 0.4) is 0 Å². The molecule has 0 amide bonds. The summed E-state index contributed by atoms with van der Waals surface area (Å²) in [6, 6.07) is 2.76. The fourth-order valence-corrected chi connectivity index (χ4v) is 2.43. The minimum Gasteiger partial charge on any atom is -0.384 e. The van der Waals surface area contributed by atoms with Crippen LogP contribution in [-0.4, -0.2) is 36.7 Å². The highest BCUT2D eigenvalue weighted by Crippen LogP contribution is 2.26. The number of nitro groups is 1. The molecule has 0 radical (unpaired) electrons. The predicted molar refractivity (Wildman–Crippen MR) is 72.1 cm³/mol. The van der Waals surface area contributed by atoms with Crippen molar-refractivity contribution in [1.29, 1.82) is 0 Å². The van der Waals surface area contributed by atoms with Crippen molar-refractivity contribution in [2.45, 2.75) is 12.8 Å². The van der Waals surface area contributed by atoms with E-state index in [1.807, 2.05) is 4.90 Å². The first-order valence-electron chi connectivity index (χ1n) is 6.26. The molecule has 104 valence electrons. The molecule has 1 aromatic heterocycles. The van der Waals surface area contributed by atoms with Gasteiger partial charge in [-0.05, 0) is 18.8 Å². The maximum Gasteiger partial charge on any atom is 0.276 e. The maximum atomic E-state index is 10.8. The fourth-order valence-electron chi connectivity index (χ4n) is 2.43. The Kier molecular flexibility index (Phi) is 4.16. The number of ether oxygens (including phenoxy) is 1. The van der Waals surface area contributed by atoms with Gasteiger partial charge in [0.15, 0.2) is 0 Å². The van der Waals surface area contributed by atoms with Crippen molar-refractivity contribution in [1.82, 2.24) is 4.98 Å². The molecule has 1 fully saturated rings. The molecule has 7 heteroatoms. The number of nitrogens with two attached hydrogens (primary N) is 1. The first-order chi connectivity index (χ1) is 9.10. The average molecular weight is 266 g/mol. The summed E-state index contributed by atoms with van der Waals surface area (Å²) in [5, 5.41) is 10.8. The zero-order chi connectivity index (χ0) is 13.8. The van der Waals surface area contributed by atoms with Crippen LogP contribution < -0.4 is 10.6 Å². The molecule has 2 rings (SSSR count). The number of anilines is 2. The van der Waals surface area contributed by atoms with Gasteiger partial charge in [0.25, 0.3) is 5.69 Å². The highest BCUT2D eigenvalue weighted by atomic mass is 16.6. The van der Waals surface area contributed by atoms with Gasteiger partial charge < -0.3 is 15.4 Å². The van der Waals surface area contributed by atoms with Crippen LogP contribution in [0, 0.1) is 16.0 Å². The van der Waals surface area contributed by atoms with E-state index >= 15 is 0 Å². The van der Waals surface area contributed by atoms with Gasteiger partial charge in [-0.3, -0.25) is 10.1 Å². The monoisotopic (exact) mass is 266 g/mol. The standard InChI is InChI=1S/C12H18N4O3/c1-19-8-9-3-2-4-15(7-9)12-6-10(16(17)18)5-11(13)14-12/h5-6,9H,2-4,7-8H2,1H3,(H2,13,14). The van der Waals surface area contributed by atoms with Crippen molar-refractivity contribution in [2.75, 3.05) is 37.4 Å². The van der Waals surface area contributed by atoms with Gasteiger partial charge in [-0.25, -0.2) is 4.98 Å². The van der Waals surface area contributed by atoms with E-state index < -0.39 is 4.92 Å². The van der Waals surface area contributed by atoms with Gasteiger partial charge >= 0.3 is 0 Å². The summed E-state index contributed by atoms with van der Waals surface area (Å²) in [4.78, 5) is 16.6. The first-order valence-corrected chi connectivity index (χ1v) is 6.26. The SMILES string of the molecule is COCC1CCCN(c2cc([N+](=O)[O-])cc(N)n2)C1. The molecule has 7 nitrogen and oxygen atoms in total. The van der Waals surface area contributed by atoms with Crippen LogP contribution in [0.5, 0.6) is 0 Å². The number of piperidine rings is 1. The molecule has 1 unspecified atom stereocenters. The van der Waals surface area contributed by atoms with Gasteiger partial charge in [0.1, 0.15) is 11.6 Å². The summed E-state index contributed by atoms with van der Waals surface area (Å²) < 4.78 is 5.17. The fraction of sp³-hybridized carbons (Fsp3) is 0.583. The lowest BCUT2D eigenvalue weighted by Crippen LogP contribution is -2.37. The predicted octanol–water partition coefficient (Wildman–Crippen LogP) is 1.43. The quantitative estimate of drug-likeness (QED) is 0.654. The number of hydrogen-bond acceptors (Lipinski definition) is 6. The van der Waals surface area contributed by atoms with Gasteiger partial charge in [-0.15, -0.1) is 0 Å². The lowest BCUT2D eigenvalue weighted by molar-refractivity contribution is -0.384. The molecule has 2 N–H and O–H groups in total. The zero-order valence-corrected chi connectivity index (χ0v) is 10.9. The minimum atomic E-state index is -0.446. The van der Waals surface area contributed by atoms with Crippen LogP contribution in [0.2, 0.25) is 0 Å². The van der Waals surface area contributed by atoms with E-state index in [1.54, 1.807) is 7.11 Å². The number of pyridine rings is 1. The summed E-state index contributed by atoms with van der Waals surface area (Å²) in [5.74, 6) is 1.19. The average Bonchev–Trinajstić information content (AvgIpc) is 2.38. The molecule has 1 saturated heterocycles. The number of hydrogen-bond donors (Lipinski definition) is 1. The largest absolute Gasteiger partial charge is 0.384 e. The van der Waals surface area contributed by atoms with Crippen LogP contribution in [0.4, 0.5) is 17.3 Å². The molecule has 0 aromatic carbocycles. The van der Waals surface area contributed by atoms with Crippen molar-refractivity contribution in [3.63, 3.8) is 0 Å². The number of rotatable bonds is 4. The third kappa shape index (κ3) is 3.31. The smallest absolute Gasteiger partial charge is 0.276 e. The summed E-state index contributed by atoms with van der Waals surface area (Å²) in [6.45, 7) is 2.33. The molecule has 1 aliphatic rings. The summed E-state index contributed by atoms with van der Waals surface area (Å²) in [5.41, 5.74) is 5.61. The van der Waals surface area contributed by atoms with Crippen LogP contribution in [-0.2, 0) is 4.74 Å². The Labute approximate surface area is 111 Å². The van der Waals surface area contributed by atoms with Crippen LogP contribution in [0.25, 0.3) is 0 Å². The Morgan fingerprint density at radius 3 is 3.11 bits per heavy atom. The highest BCUT2D eigenvalue weighted by Gasteiger charge is 2.22. The van der Waals surface area contributed by atoms with Crippen molar-refractivity contribution in [2.24, 2.45) is 5.92 Å². The van der Waals surface area contributed by atoms with E-state index in [2.05, 4.69) is 4.98 Å². The minimum absolute atomic E-state index is 0.0173. The van der Waals surface area contributed by atoms with E-state index in [4.69, 9.17) is 10.5 Å². The third-order valence-corrected chi connectivity index (χ3v) is 3.27. The molecule has 19 heavy (non-hydrogen) atoms. The van der Waals surface area contributed by atoms with Crippen LogP contribution in [0.15, 0.2) is 12.1 Å². The summed E-state index contributed by atoms with van der Waals surface area (Å²) in [6.07, 6.45) is 2.13. The Bertz CT molecular complexity index is 464. The van der Waals surface area contributed by atoms with Crippen molar-refractivity contribution < 1.29 is 9.66 Å². The van der Waals surface area contributed by atoms with Gasteiger partial charge in [0.05, 0.1) is 23.7 Å². The lowest BCUT2D eigenvalue weighted by Gasteiger charge is -2.33. The normalized spacial score (nSPS) is 19.4. The molecular formula is C12H18N4O3. The van der Waals surface area contributed by atoms with Crippen molar-refractivity contribution in [3.05, 3.63) is 22.2 Å². The molecule has 2 heterocycles. The third-order valence-electron chi connectivity index (χ3n) is 3.27. The van der Waals surface area contributed by atoms with E-state index in [0.717, 1.165) is 25.9 Å². The van der Waals surface area contributed by atoms with Crippen LogP contribution in [0.1, 0.15) is 12.8 Å². The van der Waals surface area contributed by atoms with Crippen LogP contribution >= 0.6 is 0 Å². The van der Waals surface area contributed by atoms with E-state index in [9.17, 15) is 10.1 Å². The number of nitrogen functional groups attached to an aromatic ring is 1. The molecule has 0 aliphatic carbocycles. The Morgan fingerprint density at radius 2 is 2.42 bits per heavy atom. The molecule has 0 spiro atoms. The summed E-state index contributed by atoms with van der Waals surface area (Å²) >= 11 is 0. The van der Waals surface area contributed by atoms with Gasteiger partial charge in [-0.1, -0.05) is 0 Å². The molecule has 1 aromatic rings. The Hall–Kier alpha value is -1.89. The van der Waals surface area contributed by atoms with Crippen molar-refractivity contribution in [3.8, 4) is 0 Å². The number of methoxy groups -OCH3 is 1. The highest BCUT2D eigenvalue weighted by molar-refractivity contribution is 5.54. The Balaban J connectivity index is 2.18. The zero-order valence-electron chi connectivity index (χ0n) is 10.9. The molecule has 0 bridgehead atoms. The molecule has 1 aliphatic heterocycles. The van der Waals surface area contributed by atoms with Gasteiger partial charge in [-0.2, -0.15) is 0 Å². The topological polar surface area (TPSA) is 94.5 Å². The first kappa shape index (κ1) is 13.5. The van der Waals surface area contributed by atoms with Gasteiger partial charge in [0.2, 0.25) is 0 Å². The van der Waals surface area contributed by atoms with Gasteiger partial charge in [0, 0.05) is 20.2 Å². The van der Waals surface area contributed by atoms with Crippen molar-refractivity contribution >= 4 is 17.3 Å². The molecular weight excluding hydrogens is 248 g/mol. The second-order valence-electron chi connectivity index (χ2n) is 4.78. The Morgan fingerprint density at radius 1 is 1.63 bits per heavy atom. The summed E-state index contributed by atoms with van der Waals surface area (Å²) in [7, 11) is 1.68. The number of nitrogens with zero attached hydrogens (tertiary/aromatic N) is 3. The van der Waals surface area contributed by atoms with E-state index in [-0.39, 0.29) is 11.5 Å².